The number of piperidine rings is 1. The molecule has 0 saturated carbocycles. The Morgan fingerprint density at radius 2 is 1.73 bits per heavy atom. The molecular formula is C18H19F3N4O. The van der Waals surface area contributed by atoms with Crippen molar-refractivity contribution in [2.24, 2.45) is 5.92 Å². The van der Waals surface area contributed by atoms with E-state index in [1.165, 1.54) is 12.1 Å². The van der Waals surface area contributed by atoms with Gasteiger partial charge in [-0.3, -0.25) is 4.79 Å². The van der Waals surface area contributed by atoms with Gasteiger partial charge in [-0.05, 0) is 49.1 Å². The minimum Gasteiger partial charge on any atom is -0.352 e. The van der Waals surface area contributed by atoms with Crippen molar-refractivity contribution in [2.75, 3.05) is 24.5 Å². The molecule has 1 aliphatic heterocycles. The van der Waals surface area contributed by atoms with Gasteiger partial charge in [0.05, 0.1) is 5.56 Å². The lowest BCUT2D eigenvalue weighted by atomic mass is 9.97. The van der Waals surface area contributed by atoms with E-state index in [9.17, 15) is 18.0 Å². The van der Waals surface area contributed by atoms with Crippen molar-refractivity contribution in [3.63, 3.8) is 0 Å². The second-order valence-electron chi connectivity index (χ2n) is 6.26. The van der Waals surface area contributed by atoms with E-state index in [4.69, 9.17) is 0 Å². The molecule has 26 heavy (non-hydrogen) atoms. The Labute approximate surface area is 149 Å². The van der Waals surface area contributed by atoms with Gasteiger partial charge in [0.2, 0.25) is 5.95 Å². The van der Waals surface area contributed by atoms with Gasteiger partial charge in [0.15, 0.2) is 0 Å². The number of halogens is 3. The summed E-state index contributed by atoms with van der Waals surface area (Å²) in [5.41, 5.74) is -0.530. The van der Waals surface area contributed by atoms with Gasteiger partial charge in [-0.15, -0.1) is 0 Å². The number of nitrogens with zero attached hydrogens (tertiary/aromatic N) is 3. The van der Waals surface area contributed by atoms with Crippen LogP contribution in [-0.2, 0) is 6.18 Å². The van der Waals surface area contributed by atoms with Crippen LogP contribution in [0.15, 0.2) is 42.7 Å². The van der Waals surface area contributed by atoms with Crippen molar-refractivity contribution in [2.45, 2.75) is 19.0 Å². The van der Waals surface area contributed by atoms with Gasteiger partial charge < -0.3 is 10.2 Å². The Hall–Kier alpha value is -2.64. The van der Waals surface area contributed by atoms with E-state index in [0.29, 0.717) is 18.4 Å². The number of aromatic nitrogens is 2. The van der Waals surface area contributed by atoms with Gasteiger partial charge in [-0.1, -0.05) is 0 Å². The van der Waals surface area contributed by atoms with Crippen LogP contribution in [0.1, 0.15) is 28.8 Å². The second kappa shape index (κ2) is 7.72. The fraction of sp³-hybridized carbons (Fsp3) is 0.389. The summed E-state index contributed by atoms with van der Waals surface area (Å²) >= 11 is 0. The lowest BCUT2D eigenvalue weighted by Gasteiger charge is -2.31. The number of hydrogen-bond donors (Lipinski definition) is 1. The second-order valence-corrected chi connectivity index (χ2v) is 6.26. The third-order valence-electron chi connectivity index (χ3n) is 4.48. The van der Waals surface area contributed by atoms with Gasteiger partial charge >= 0.3 is 6.18 Å². The molecule has 0 atom stereocenters. The maximum absolute atomic E-state index is 12.6. The molecule has 0 bridgehead atoms. The Balaban J connectivity index is 1.47. The molecule has 8 heteroatoms. The molecule has 1 aromatic carbocycles. The highest BCUT2D eigenvalue weighted by atomic mass is 19.4. The minimum atomic E-state index is -4.40. The van der Waals surface area contributed by atoms with E-state index in [0.717, 1.165) is 38.1 Å². The first-order valence-electron chi connectivity index (χ1n) is 8.41. The predicted molar refractivity (Wildman–Crippen MR) is 90.7 cm³/mol. The quantitative estimate of drug-likeness (QED) is 0.906. The molecule has 5 nitrogen and oxygen atoms in total. The molecule has 1 amide bonds. The van der Waals surface area contributed by atoms with E-state index in [1.807, 2.05) is 0 Å². The van der Waals surface area contributed by atoms with Crippen LogP contribution in [0.3, 0.4) is 0 Å². The largest absolute Gasteiger partial charge is 0.416 e. The fourth-order valence-electron chi connectivity index (χ4n) is 2.94. The summed E-state index contributed by atoms with van der Waals surface area (Å²) in [6, 6.07) is 6.02. The fourth-order valence-corrected chi connectivity index (χ4v) is 2.94. The first kappa shape index (κ1) is 18.2. The molecule has 3 rings (SSSR count). The zero-order valence-corrected chi connectivity index (χ0v) is 14.0. The third kappa shape index (κ3) is 4.50. The highest BCUT2D eigenvalue weighted by molar-refractivity contribution is 5.94. The summed E-state index contributed by atoms with van der Waals surface area (Å²) in [5, 5.41) is 2.81. The number of anilines is 1. The molecular weight excluding hydrogens is 345 g/mol. The number of hydrogen-bond acceptors (Lipinski definition) is 4. The van der Waals surface area contributed by atoms with E-state index in [2.05, 4.69) is 20.2 Å². The highest BCUT2D eigenvalue weighted by Gasteiger charge is 2.30. The van der Waals surface area contributed by atoms with E-state index in [-0.39, 0.29) is 11.5 Å². The number of amides is 1. The van der Waals surface area contributed by atoms with E-state index < -0.39 is 11.7 Å². The first-order chi connectivity index (χ1) is 12.4. The molecule has 1 saturated heterocycles. The van der Waals surface area contributed by atoms with E-state index >= 15 is 0 Å². The Morgan fingerprint density at radius 1 is 1.12 bits per heavy atom. The average molecular weight is 364 g/mol. The monoisotopic (exact) mass is 364 g/mol. The van der Waals surface area contributed by atoms with Crippen LogP contribution in [0.5, 0.6) is 0 Å². The average Bonchev–Trinajstić information content (AvgIpc) is 2.66. The molecule has 138 valence electrons. The van der Waals surface area contributed by atoms with Crippen LogP contribution in [0, 0.1) is 5.92 Å². The molecule has 1 aromatic heterocycles. The summed E-state index contributed by atoms with van der Waals surface area (Å²) in [5.74, 6) is 0.681. The normalized spacial score (nSPS) is 15.7. The van der Waals surface area contributed by atoms with Gasteiger partial charge in [0, 0.05) is 37.6 Å². The van der Waals surface area contributed by atoms with Gasteiger partial charge in [0.1, 0.15) is 0 Å². The van der Waals surface area contributed by atoms with Crippen LogP contribution in [0.4, 0.5) is 19.1 Å². The number of rotatable bonds is 4. The summed E-state index contributed by atoms with van der Waals surface area (Å²) in [4.78, 5) is 22.7. The van der Waals surface area contributed by atoms with Crippen molar-refractivity contribution in [1.82, 2.24) is 15.3 Å². The van der Waals surface area contributed by atoms with Crippen molar-refractivity contribution >= 4 is 11.9 Å². The first-order valence-corrected chi connectivity index (χ1v) is 8.41. The van der Waals surface area contributed by atoms with E-state index in [1.54, 1.807) is 18.5 Å². The van der Waals surface area contributed by atoms with Gasteiger partial charge in [-0.2, -0.15) is 13.2 Å². The Bertz CT molecular complexity index is 726. The van der Waals surface area contributed by atoms with Crippen molar-refractivity contribution in [3.05, 3.63) is 53.9 Å². The number of carbonyl (C=O) groups is 1. The number of nitrogens with one attached hydrogen (secondary N) is 1. The standard InChI is InChI=1S/C18H19F3N4O/c19-18(20,21)15-4-2-14(3-5-15)16(26)24-12-13-6-10-25(11-7-13)17-22-8-1-9-23-17/h1-5,8-9,13H,6-7,10-12H2,(H,24,26). The Kier molecular flexibility index (Phi) is 5.39. The van der Waals surface area contributed by atoms with Crippen LogP contribution in [-0.4, -0.2) is 35.5 Å². The van der Waals surface area contributed by atoms with Crippen molar-refractivity contribution < 1.29 is 18.0 Å². The molecule has 0 unspecified atom stereocenters. The molecule has 2 aromatic rings. The molecule has 1 aliphatic rings. The maximum atomic E-state index is 12.6. The van der Waals surface area contributed by atoms with Crippen molar-refractivity contribution in [1.29, 1.82) is 0 Å². The van der Waals surface area contributed by atoms with Gasteiger partial charge in [-0.25, -0.2) is 9.97 Å². The zero-order chi connectivity index (χ0) is 18.6. The summed E-state index contributed by atoms with van der Waals surface area (Å²) < 4.78 is 37.7. The third-order valence-corrected chi connectivity index (χ3v) is 4.48. The summed E-state index contributed by atoms with van der Waals surface area (Å²) in [7, 11) is 0. The Morgan fingerprint density at radius 3 is 2.31 bits per heavy atom. The SMILES string of the molecule is O=C(NCC1CCN(c2ncccn2)CC1)c1ccc(C(F)(F)F)cc1. The smallest absolute Gasteiger partial charge is 0.352 e. The lowest BCUT2D eigenvalue weighted by Crippen LogP contribution is -2.39. The van der Waals surface area contributed by atoms with Crippen LogP contribution in [0.25, 0.3) is 0 Å². The number of alkyl halides is 3. The van der Waals surface area contributed by atoms with Crippen LogP contribution >= 0.6 is 0 Å². The molecule has 0 aliphatic carbocycles. The number of carbonyl (C=O) groups excluding carboxylic acids is 1. The van der Waals surface area contributed by atoms with Crippen molar-refractivity contribution in [3.8, 4) is 0 Å². The topological polar surface area (TPSA) is 58.1 Å². The summed E-state index contributed by atoms with van der Waals surface area (Å²) in [6.45, 7) is 2.12. The van der Waals surface area contributed by atoms with Crippen LogP contribution < -0.4 is 10.2 Å². The molecule has 0 spiro atoms. The zero-order valence-electron chi connectivity index (χ0n) is 14.0. The van der Waals surface area contributed by atoms with Crippen LogP contribution in [0.2, 0.25) is 0 Å². The number of benzene rings is 1. The summed E-state index contributed by atoms with van der Waals surface area (Å²) in [6.07, 6.45) is 0.806. The van der Waals surface area contributed by atoms with Gasteiger partial charge in [0.25, 0.3) is 5.91 Å². The molecule has 2 heterocycles. The molecule has 1 N–H and O–H groups in total. The predicted octanol–water partition coefficient (Wildman–Crippen LogP) is 3.14. The lowest BCUT2D eigenvalue weighted by molar-refractivity contribution is -0.137. The molecule has 1 fully saturated rings. The minimum absolute atomic E-state index is 0.230. The maximum Gasteiger partial charge on any atom is 0.416 e. The highest BCUT2D eigenvalue weighted by Crippen LogP contribution is 2.29. The molecule has 0 radical (unpaired) electrons.